The molecule has 2 atom stereocenters. The molecule has 0 spiro atoms. The molecular formula is C15H21NO5. The van der Waals surface area contributed by atoms with Crippen molar-refractivity contribution in [3.8, 4) is 0 Å². The predicted molar refractivity (Wildman–Crippen MR) is 76.4 cm³/mol. The van der Waals surface area contributed by atoms with Crippen molar-refractivity contribution in [3.05, 3.63) is 35.9 Å². The molecule has 0 radical (unpaired) electrons. The smallest absolute Gasteiger partial charge is 0.407 e. The minimum absolute atomic E-state index is 0.119. The second kappa shape index (κ2) is 8.97. The Bertz CT molecular complexity index is 449. The molecule has 0 aliphatic rings. The number of nitrogens with one attached hydrogen (secondary N) is 1. The van der Waals surface area contributed by atoms with Crippen molar-refractivity contribution in [1.29, 1.82) is 0 Å². The monoisotopic (exact) mass is 295 g/mol. The maximum Gasteiger partial charge on any atom is 0.407 e. The number of aliphatic hydroxyl groups is 1. The summed E-state index contributed by atoms with van der Waals surface area (Å²) in [6, 6.07) is 9.28. The van der Waals surface area contributed by atoms with Gasteiger partial charge in [-0.1, -0.05) is 37.3 Å². The lowest BCUT2D eigenvalue weighted by molar-refractivity contribution is -0.155. The van der Waals surface area contributed by atoms with Crippen LogP contribution in [0.2, 0.25) is 0 Å². The highest BCUT2D eigenvalue weighted by molar-refractivity contribution is 5.75. The zero-order chi connectivity index (χ0) is 15.7. The number of benzene rings is 1. The molecule has 0 bridgehead atoms. The highest BCUT2D eigenvalue weighted by atomic mass is 16.6. The van der Waals surface area contributed by atoms with Crippen molar-refractivity contribution in [2.24, 2.45) is 5.92 Å². The summed E-state index contributed by atoms with van der Waals surface area (Å²) in [4.78, 5) is 22.8. The Kier molecular flexibility index (Phi) is 7.25. The van der Waals surface area contributed by atoms with E-state index in [-0.39, 0.29) is 19.8 Å². The highest BCUT2D eigenvalue weighted by Gasteiger charge is 2.24. The first-order chi connectivity index (χ1) is 10.0. The molecule has 1 amide bonds. The Morgan fingerprint density at radius 2 is 1.90 bits per heavy atom. The van der Waals surface area contributed by atoms with Crippen molar-refractivity contribution in [1.82, 2.24) is 5.32 Å². The lowest BCUT2D eigenvalue weighted by atomic mass is 10.1. The molecule has 21 heavy (non-hydrogen) atoms. The fourth-order valence-electron chi connectivity index (χ4n) is 1.59. The van der Waals surface area contributed by atoms with Crippen LogP contribution in [0.15, 0.2) is 30.3 Å². The van der Waals surface area contributed by atoms with Crippen LogP contribution in [0, 0.1) is 5.92 Å². The van der Waals surface area contributed by atoms with Crippen LogP contribution in [0.1, 0.15) is 19.4 Å². The number of esters is 1. The zero-order valence-corrected chi connectivity index (χ0v) is 12.2. The van der Waals surface area contributed by atoms with Gasteiger partial charge in [-0.05, 0) is 12.5 Å². The molecule has 0 aromatic heterocycles. The van der Waals surface area contributed by atoms with Gasteiger partial charge >= 0.3 is 12.1 Å². The first-order valence-electron chi connectivity index (χ1n) is 6.83. The van der Waals surface area contributed by atoms with Gasteiger partial charge in [0.1, 0.15) is 6.61 Å². The van der Waals surface area contributed by atoms with Gasteiger partial charge in [-0.25, -0.2) is 9.59 Å². The number of aliphatic hydroxyl groups excluding tert-OH is 1. The molecule has 1 aromatic carbocycles. The van der Waals surface area contributed by atoms with Gasteiger partial charge < -0.3 is 19.9 Å². The predicted octanol–water partition coefficient (Wildman–Crippen LogP) is 1.47. The number of hydrogen-bond acceptors (Lipinski definition) is 5. The Balaban J connectivity index is 2.27. The van der Waals surface area contributed by atoms with Crippen LogP contribution in [0.5, 0.6) is 0 Å². The summed E-state index contributed by atoms with van der Waals surface area (Å²) < 4.78 is 9.72. The molecule has 0 saturated heterocycles. The molecule has 2 N–H and O–H groups in total. The maximum atomic E-state index is 11.5. The molecule has 1 rings (SSSR count). The van der Waals surface area contributed by atoms with Gasteiger partial charge in [0.2, 0.25) is 0 Å². The average molecular weight is 295 g/mol. The second-order valence-corrected chi connectivity index (χ2v) is 4.62. The third-order valence-electron chi connectivity index (χ3n) is 2.85. The van der Waals surface area contributed by atoms with E-state index < -0.39 is 24.1 Å². The van der Waals surface area contributed by atoms with Crippen molar-refractivity contribution in [2.75, 3.05) is 13.2 Å². The number of ether oxygens (including phenoxy) is 2. The van der Waals surface area contributed by atoms with Gasteiger partial charge in [-0.2, -0.15) is 0 Å². The van der Waals surface area contributed by atoms with Crippen LogP contribution < -0.4 is 5.32 Å². The topological polar surface area (TPSA) is 84.9 Å². The molecule has 0 unspecified atom stereocenters. The van der Waals surface area contributed by atoms with E-state index in [1.807, 2.05) is 30.3 Å². The van der Waals surface area contributed by atoms with Gasteiger partial charge in [0.15, 0.2) is 6.10 Å². The lowest BCUT2D eigenvalue weighted by Gasteiger charge is -2.17. The van der Waals surface area contributed by atoms with E-state index in [0.29, 0.717) is 0 Å². The summed E-state index contributed by atoms with van der Waals surface area (Å²) in [6.07, 6.45) is -1.86. The second-order valence-electron chi connectivity index (χ2n) is 4.62. The summed E-state index contributed by atoms with van der Waals surface area (Å²) >= 11 is 0. The van der Waals surface area contributed by atoms with Crippen molar-refractivity contribution in [2.45, 2.75) is 26.6 Å². The van der Waals surface area contributed by atoms with Gasteiger partial charge in [0, 0.05) is 12.5 Å². The van der Waals surface area contributed by atoms with Crippen molar-refractivity contribution >= 4 is 12.1 Å². The SMILES string of the molecule is CCOC(=O)[C@@H](O)[C@@H](C)CNC(=O)OCc1ccccc1. The molecule has 0 saturated carbocycles. The molecule has 0 aliphatic carbocycles. The average Bonchev–Trinajstić information content (AvgIpc) is 2.51. The minimum atomic E-state index is -1.26. The minimum Gasteiger partial charge on any atom is -0.464 e. The molecule has 0 fully saturated rings. The summed E-state index contributed by atoms with van der Waals surface area (Å²) in [5, 5.41) is 12.2. The normalized spacial score (nSPS) is 13.1. The van der Waals surface area contributed by atoms with Crippen LogP contribution in [0.25, 0.3) is 0 Å². The number of amides is 1. The maximum absolute atomic E-state index is 11.5. The first kappa shape index (κ1) is 17.0. The summed E-state index contributed by atoms with van der Waals surface area (Å²) in [5.41, 5.74) is 0.882. The number of hydrogen-bond donors (Lipinski definition) is 2. The summed E-state index contributed by atoms with van der Waals surface area (Å²) in [7, 11) is 0. The van der Waals surface area contributed by atoms with E-state index in [4.69, 9.17) is 9.47 Å². The third kappa shape index (κ3) is 6.27. The van der Waals surface area contributed by atoms with E-state index in [1.165, 1.54) is 0 Å². The Labute approximate surface area is 124 Å². The molecule has 6 heteroatoms. The Hall–Kier alpha value is -2.08. The number of rotatable bonds is 7. The van der Waals surface area contributed by atoms with E-state index >= 15 is 0 Å². The van der Waals surface area contributed by atoms with Gasteiger partial charge in [0.25, 0.3) is 0 Å². The third-order valence-corrected chi connectivity index (χ3v) is 2.85. The summed E-state index contributed by atoms with van der Waals surface area (Å²) in [6.45, 7) is 3.79. The van der Waals surface area contributed by atoms with Crippen LogP contribution in [0.3, 0.4) is 0 Å². The van der Waals surface area contributed by atoms with Crippen molar-refractivity contribution in [3.63, 3.8) is 0 Å². The van der Waals surface area contributed by atoms with Gasteiger partial charge in [0.05, 0.1) is 6.61 Å². The highest BCUT2D eigenvalue weighted by Crippen LogP contribution is 2.05. The van der Waals surface area contributed by atoms with E-state index in [0.717, 1.165) is 5.56 Å². The van der Waals surface area contributed by atoms with Gasteiger partial charge in [-0.15, -0.1) is 0 Å². The molecule has 116 valence electrons. The first-order valence-corrected chi connectivity index (χ1v) is 6.83. The van der Waals surface area contributed by atoms with E-state index in [2.05, 4.69) is 5.32 Å². The Morgan fingerprint density at radius 1 is 1.24 bits per heavy atom. The zero-order valence-electron chi connectivity index (χ0n) is 12.2. The fourth-order valence-corrected chi connectivity index (χ4v) is 1.59. The van der Waals surface area contributed by atoms with Crippen LogP contribution in [-0.4, -0.2) is 36.4 Å². The standard InChI is InChI=1S/C15H21NO5/c1-3-20-14(18)13(17)11(2)9-16-15(19)21-10-12-7-5-4-6-8-12/h4-8,11,13,17H,3,9-10H2,1-2H3,(H,16,19)/t11-,13-/m0/s1. The van der Waals surface area contributed by atoms with E-state index in [1.54, 1.807) is 13.8 Å². The molecule has 6 nitrogen and oxygen atoms in total. The van der Waals surface area contributed by atoms with Crippen LogP contribution in [-0.2, 0) is 20.9 Å². The number of alkyl carbamates (subject to hydrolysis) is 1. The van der Waals surface area contributed by atoms with Gasteiger partial charge in [-0.3, -0.25) is 0 Å². The fraction of sp³-hybridized carbons (Fsp3) is 0.467. The number of carbonyl (C=O) groups is 2. The van der Waals surface area contributed by atoms with Crippen molar-refractivity contribution < 1.29 is 24.2 Å². The molecular weight excluding hydrogens is 274 g/mol. The molecule has 0 heterocycles. The van der Waals surface area contributed by atoms with Crippen LogP contribution >= 0.6 is 0 Å². The quantitative estimate of drug-likeness (QED) is 0.744. The Morgan fingerprint density at radius 3 is 2.52 bits per heavy atom. The molecule has 1 aromatic rings. The lowest BCUT2D eigenvalue weighted by Crippen LogP contribution is -2.38. The largest absolute Gasteiger partial charge is 0.464 e. The molecule has 0 aliphatic heterocycles. The number of carbonyl (C=O) groups excluding carboxylic acids is 2. The summed E-state index contributed by atoms with van der Waals surface area (Å²) in [5.74, 6) is -1.15. The van der Waals surface area contributed by atoms with Crippen LogP contribution in [0.4, 0.5) is 4.79 Å². The van der Waals surface area contributed by atoms with E-state index in [9.17, 15) is 14.7 Å².